The summed E-state index contributed by atoms with van der Waals surface area (Å²) in [6.07, 6.45) is 0.418. The highest BCUT2D eigenvalue weighted by molar-refractivity contribution is 9.10. The summed E-state index contributed by atoms with van der Waals surface area (Å²) in [5.41, 5.74) is 10.4. The van der Waals surface area contributed by atoms with Crippen molar-refractivity contribution in [3.8, 4) is 0 Å². The number of hydrogen-bond donors (Lipinski definition) is 1. The Morgan fingerprint density at radius 1 is 1.16 bits per heavy atom. The second-order valence-corrected chi connectivity index (χ2v) is 5.56. The van der Waals surface area contributed by atoms with Gasteiger partial charge in [-0.1, -0.05) is 18.2 Å². The van der Waals surface area contributed by atoms with Gasteiger partial charge in [-0.3, -0.25) is 4.79 Å². The Balaban J connectivity index is 2.31. The molecule has 2 aromatic carbocycles. The van der Waals surface area contributed by atoms with Crippen molar-refractivity contribution in [1.82, 2.24) is 0 Å². The van der Waals surface area contributed by atoms with E-state index in [-0.39, 0.29) is 5.78 Å². The molecule has 0 atom stereocenters. The van der Waals surface area contributed by atoms with Crippen LogP contribution in [0, 0.1) is 13.8 Å². The van der Waals surface area contributed by atoms with Gasteiger partial charge < -0.3 is 5.73 Å². The summed E-state index contributed by atoms with van der Waals surface area (Å²) < 4.78 is 0.753. The molecule has 98 valence electrons. The van der Waals surface area contributed by atoms with Gasteiger partial charge in [-0.15, -0.1) is 0 Å². The molecule has 0 unspecified atom stereocenters. The maximum atomic E-state index is 12.4. The SMILES string of the molecule is Cc1cccc(C)c1CC(=O)c1ccc(N)cc1Br. The van der Waals surface area contributed by atoms with Gasteiger partial charge in [0.2, 0.25) is 0 Å². The van der Waals surface area contributed by atoms with Crippen molar-refractivity contribution in [2.45, 2.75) is 20.3 Å². The number of hydrogen-bond acceptors (Lipinski definition) is 2. The predicted octanol–water partition coefficient (Wildman–Crippen LogP) is 4.07. The lowest BCUT2D eigenvalue weighted by Gasteiger charge is -2.10. The third-order valence-electron chi connectivity index (χ3n) is 3.28. The van der Waals surface area contributed by atoms with Gasteiger partial charge >= 0.3 is 0 Å². The number of anilines is 1. The van der Waals surface area contributed by atoms with Crippen molar-refractivity contribution >= 4 is 27.4 Å². The second-order valence-electron chi connectivity index (χ2n) is 4.71. The van der Waals surface area contributed by atoms with Crippen LogP contribution in [0.2, 0.25) is 0 Å². The molecule has 0 aliphatic carbocycles. The first-order chi connectivity index (χ1) is 8.99. The number of halogens is 1. The zero-order chi connectivity index (χ0) is 14.0. The van der Waals surface area contributed by atoms with E-state index < -0.39 is 0 Å². The van der Waals surface area contributed by atoms with E-state index >= 15 is 0 Å². The molecular weight excluding hydrogens is 302 g/mol. The van der Waals surface area contributed by atoms with Gasteiger partial charge in [0.25, 0.3) is 0 Å². The average Bonchev–Trinajstić information content (AvgIpc) is 2.33. The average molecular weight is 318 g/mol. The molecule has 2 rings (SSSR count). The standard InChI is InChI=1S/C16H16BrNO/c1-10-4-3-5-11(2)14(10)9-16(19)13-7-6-12(18)8-15(13)17/h3-8H,9,18H2,1-2H3. The van der Waals surface area contributed by atoms with Crippen molar-refractivity contribution < 1.29 is 4.79 Å². The van der Waals surface area contributed by atoms with Crippen LogP contribution in [0.15, 0.2) is 40.9 Å². The monoisotopic (exact) mass is 317 g/mol. The van der Waals surface area contributed by atoms with Crippen LogP contribution >= 0.6 is 15.9 Å². The highest BCUT2D eigenvalue weighted by Gasteiger charge is 2.13. The quantitative estimate of drug-likeness (QED) is 0.685. The fourth-order valence-corrected chi connectivity index (χ4v) is 2.76. The molecule has 0 heterocycles. The minimum absolute atomic E-state index is 0.101. The van der Waals surface area contributed by atoms with Crippen LogP contribution in [-0.2, 0) is 6.42 Å². The molecule has 0 bridgehead atoms. The maximum Gasteiger partial charge on any atom is 0.168 e. The summed E-state index contributed by atoms with van der Waals surface area (Å²) in [7, 11) is 0. The number of nitrogens with two attached hydrogens (primary N) is 1. The van der Waals surface area contributed by atoms with Gasteiger partial charge in [-0.2, -0.15) is 0 Å². The predicted molar refractivity (Wildman–Crippen MR) is 82.5 cm³/mol. The molecule has 0 saturated heterocycles. The Kier molecular flexibility index (Phi) is 4.05. The smallest absolute Gasteiger partial charge is 0.168 e. The molecule has 0 aliphatic rings. The van der Waals surface area contributed by atoms with Crippen LogP contribution in [0.3, 0.4) is 0 Å². The fraction of sp³-hybridized carbons (Fsp3) is 0.188. The van der Waals surface area contributed by atoms with Gasteiger partial charge in [0.1, 0.15) is 0 Å². The Labute approximate surface area is 121 Å². The molecule has 0 saturated carbocycles. The zero-order valence-corrected chi connectivity index (χ0v) is 12.6. The van der Waals surface area contributed by atoms with E-state index in [2.05, 4.69) is 15.9 Å². The van der Waals surface area contributed by atoms with Crippen molar-refractivity contribution in [2.24, 2.45) is 0 Å². The normalized spacial score (nSPS) is 10.5. The van der Waals surface area contributed by atoms with Gasteiger partial charge in [-0.05, 0) is 64.7 Å². The molecule has 2 nitrogen and oxygen atoms in total. The van der Waals surface area contributed by atoms with E-state index in [4.69, 9.17) is 5.73 Å². The Bertz CT molecular complexity index is 614. The molecule has 2 N–H and O–H groups in total. The Hall–Kier alpha value is -1.61. The highest BCUT2D eigenvalue weighted by Crippen LogP contribution is 2.23. The third-order valence-corrected chi connectivity index (χ3v) is 3.93. The minimum atomic E-state index is 0.101. The molecule has 3 heteroatoms. The molecule has 0 aliphatic heterocycles. The fourth-order valence-electron chi connectivity index (χ4n) is 2.14. The van der Waals surface area contributed by atoms with Gasteiger partial charge in [0.05, 0.1) is 0 Å². The first-order valence-corrected chi connectivity index (χ1v) is 6.91. The molecule has 0 radical (unpaired) electrons. The maximum absolute atomic E-state index is 12.4. The molecular formula is C16H16BrNO. The first kappa shape index (κ1) is 13.8. The molecule has 0 aromatic heterocycles. The number of aryl methyl sites for hydroxylation is 2. The van der Waals surface area contributed by atoms with Crippen molar-refractivity contribution in [3.63, 3.8) is 0 Å². The van der Waals surface area contributed by atoms with Crippen LogP contribution in [0.25, 0.3) is 0 Å². The lowest BCUT2D eigenvalue weighted by molar-refractivity contribution is 0.0992. The number of rotatable bonds is 3. The zero-order valence-electron chi connectivity index (χ0n) is 11.0. The van der Waals surface area contributed by atoms with E-state index in [9.17, 15) is 4.79 Å². The third kappa shape index (κ3) is 3.04. The van der Waals surface area contributed by atoms with Gasteiger partial charge in [-0.25, -0.2) is 0 Å². The van der Waals surface area contributed by atoms with Crippen LogP contribution in [0.1, 0.15) is 27.0 Å². The lowest BCUT2D eigenvalue weighted by Crippen LogP contribution is -2.07. The first-order valence-electron chi connectivity index (χ1n) is 6.12. The van der Waals surface area contributed by atoms with Crippen molar-refractivity contribution in [3.05, 3.63) is 63.1 Å². The number of nitrogen functional groups attached to an aromatic ring is 1. The van der Waals surface area contributed by atoms with Crippen LogP contribution in [0.5, 0.6) is 0 Å². The largest absolute Gasteiger partial charge is 0.399 e. The van der Waals surface area contributed by atoms with E-state index in [1.54, 1.807) is 18.2 Å². The lowest BCUT2D eigenvalue weighted by atomic mass is 9.95. The van der Waals surface area contributed by atoms with E-state index in [1.807, 2.05) is 32.0 Å². The number of benzene rings is 2. The van der Waals surface area contributed by atoms with E-state index in [1.165, 1.54) is 0 Å². The summed E-state index contributed by atoms with van der Waals surface area (Å²) in [5, 5.41) is 0. The number of carbonyl (C=O) groups excluding carboxylic acids is 1. The van der Waals surface area contributed by atoms with Crippen molar-refractivity contribution in [2.75, 3.05) is 5.73 Å². The highest BCUT2D eigenvalue weighted by atomic mass is 79.9. The Morgan fingerprint density at radius 3 is 2.37 bits per heavy atom. The number of carbonyl (C=O) groups is 1. The topological polar surface area (TPSA) is 43.1 Å². The van der Waals surface area contributed by atoms with Crippen LogP contribution in [0.4, 0.5) is 5.69 Å². The number of Topliss-reactive ketones (excluding diaryl/α,β-unsaturated/α-hetero) is 1. The minimum Gasteiger partial charge on any atom is -0.399 e. The second kappa shape index (κ2) is 5.57. The summed E-state index contributed by atoms with van der Waals surface area (Å²) in [4.78, 5) is 12.4. The van der Waals surface area contributed by atoms with E-state index in [0.717, 1.165) is 21.2 Å². The summed E-state index contributed by atoms with van der Waals surface area (Å²) >= 11 is 3.40. The number of ketones is 1. The summed E-state index contributed by atoms with van der Waals surface area (Å²) in [6.45, 7) is 4.07. The van der Waals surface area contributed by atoms with E-state index in [0.29, 0.717) is 17.7 Å². The van der Waals surface area contributed by atoms with Crippen molar-refractivity contribution in [1.29, 1.82) is 0 Å². The Morgan fingerprint density at radius 2 is 1.79 bits per heavy atom. The van der Waals surface area contributed by atoms with Crippen LogP contribution in [-0.4, -0.2) is 5.78 Å². The molecule has 0 fully saturated rings. The van der Waals surface area contributed by atoms with Gasteiger partial charge in [0.15, 0.2) is 5.78 Å². The van der Waals surface area contributed by atoms with Gasteiger partial charge in [0, 0.05) is 22.1 Å². The molecule has 0 spiro atoms. The molecule has 0 amide bonds. The summed E-state index contributed by atoms with van der Waals surface area (Å²) in [6, 6.07) is 11.4. The van der Waals surface area contributed by atoms with Crippen LogP contribution < -0.4 is 5.73 Å². The molecule has 2 aromatic rings. The molecule has 19 heavy (non-hydrogen) atoms. The summed E-state index contributed by atoms with van der Waals surface area (Å²) in [5.74, 6) is 0.101.